The molecule has 58 valence electrons. The molecule has 0 aliphatic heterocycles. The van der Waals surface area contributed by atoms with Gasteiger partial charge >= 0.3 is 0 Å². The lowest BCUT2D eigenvalue weighted by atomic mass is 10.3. The maximum Gasteiger partial charge on any atom is 0.0806 e. The molecule has 0 aliphatic carbocycles. The van der Waals surface area contributed by atoms with Crippen molar-refractivity contribution >= 4 is 0 Å². The van der Waals surface area contributed by atoms with Gasteiger partial charge in [0.05, 0.1) is 13.1 Å². The largest absolute Gasteiger partial charge is 0.194 e. The Morgan fingerprint density at radius 1 is 1.40 bits per heavy atom. The molecule has 0 atom stereocenters. The van der Waals surface area contributed by atoms with E-state index in [2.05, 4.69) is 30.2 Å². The lowest BCUT2D eigenvalue weighted by molar-refractivity contribution is 0.835. The number of azo groups is 1. The fourth-order valence-corrected chi connectivity index (χ4v) is 0.424. The normalized spacial score (nSPS) is 12.9. The third-order valence-electron chi connectivity index (χ3n) is 1.24. The van der Waals surface area contributed by atoms with Gasteiger partial charge in [-0.15, -0.1) is 0 Å². The van der Waals surface area contributed by atoms with Gasteiger partial charge in [0.25, 0.3) is 0 Å². The lowest BCUT2D eigenvalue weighted by Crippen LogP contribution is -1.81. The second-order valence-electron chi connectivity index (χ2n) is 2.30. The molecule has 0 amide bonds. The first-order valence-electron chi connectivity index (χ1n) is 3.76. The van der Waals surface area contributed by atoms with E-state index in [1.54, 1.807) is 0 Å². The van der Waals surface area contributed by atoms with Gasteiger partial charge in [-0.05, 0) is 20.3 Å². The number of allylic oxidation sites excluding steroid dienone is 1. The van der Waals surface area contributed by atoms with E-state index in [1.807, 2.05) is 6.92 Å². The Bertz CT molecular complexity index is 125. The topological polar surface area (TPSA) is 24.7 Å². The van der Waals surface area contributed by atoms with Crippen LogP contribution in [-0.4, -0.2) is 13.1 Å². The van der Waals surface area contributed by atoms with Crippen LogP contribution in [0.15, 0.2) is 21.9 Å². The molecule has 0 spiro atoms. The van der Waals surface area contributed by atoms with Gasteiger partial charge in [0.1, 0.15) is 0 Å². The van der Waals surface area contributed by atoms with Crippen molar-refractivity contribution in [3.05, 3.63) is 11.6 Å². The van der Waals surface area contributed by atoms with Crippen molar-refractivity contribution in [3.63, 3.8) is 0 Å². The van der Waals surface area contributed by atoms with E-state index >= 15 is 0 Å². The average molecular weight is 140 g/mol. The van der Waals surface area contributed by atoms with Crippen molar-refractivity contribution in [1.29, 1.82) is 0 Å². The summed E-state index contributed by atoms with van der Waals surface area (Å²) in [5, 5.41) is 7.95. The van der Waals surface area contributed by atoms with Gasteiger partial charge in [0.15, 0.2) is 0 Å². The minimum atomic E-state index is 0.760. The SMILES string of the molecule is CC=C(C)CN=NCCC. The van der Waals surface area contributed by atoms with Crippen LogP contribution in [0.25, 0.3) is 0 Å². The summed E-state index contributed by atoms with van der Waals surface area (Å²) in [6.07, 6.45) is 3.14. The first-order chi connectivity index (χ1) is 4.81. The van der Waals surface area contributed by atoms with Crippen LogP contribution >= 0.6 is 0 Å². The molecule has 0 saturated carbocycles. The van der Waals surface area contributed by atoms with Gasteiger partial charge in [-0.25, -0.2) is 0 Å². The minimum absolute atomic E-state index is 0.760. The first-order valence-corrected chi connectivity index (χ1v) is 3.76. The van der Waals surface area contributed by atoms with Crippen molar-refractivity contribution < 1.29 is 0 Å². The molecule has 0 aromatic heterocycles. The average Bonchev–Trinajstić information content (AvgIpc) is 1.98. The molecule has 0 aromatic carbocycles. The quantitative estimate of drug-likeness (QED) is 0.424. The molecule has 10 heavy (non-hydrogen) atoms. The molecule has 2 heteroatoms. The summed E-state index contributed by atoms with van der Waals surface area (Å²) in [6, 6.07) is 0. The Kier molecular flexibility index (Phi) is 6.03. The number of rotatable bonds is 4. The number of hydrogen-bond donors (Lipinski definition) is 0. The monoisotopic (exact) mass is 140 g/mol. The van der Waals surface area contributed by atoms with Gasteiger partial charge in [0, 0.05) is 0 Å². The fraction of sp³-hybridized carbons (Fsp3) is 0.750. The molecule has 0 unspecified atom stereocenters. The zero-order chi connectivity index (χ0) is 7.82. The van der Waals surface area contributed by atoms with E-state index in [9.17, 15) is 0 Å². The van der Waals surface area contributed by atoms with E-state index in [0.717, 1.165) is 19.5 Å². The molecule has 0 aliphatic rings. The third kappa shape index (κ3) is 5.48. The third-order valence-corrected chi connectivity index (χ3v) is 1.24. The predicted molar refractivity (Wildman–Crippen MR) is 44.3 cm³/mol. The summed E-state index contributed by atoms with van der Waals surface area (Å²) in [7, 11) is 0. The van der Waals surface area contributed by atoms with Crippen molar-refractivity contribution in [1.82, 2.24) is 0 Å². The van der Waals surface area contributed by atoms with E-state index in [0.29, 0.717) is 0 Å². The Morgan fingerprint density at radius 2 is 2.10 bits per heavy atom. The summed E-state index contributed by atoms with van der Waals surface area (Å²) in [5.74, 6) is 0. The van der Waals surface area contributed by atoms with E-state index < -0.39 is 0 Å². The van der Waals surface area contributed by atoms with Crippen molar-refractivity contribution in [2.45, 2.75) is 27.2 Å². The van der Waals surface area contributed by atoms with Crippen LogP contribution < -0.4 is 0 Å². The van der Waals surface area contributed by atoms with Crippen LogP contribution in [0.4, 0.5) is 0 Å². The molecule has 0 rings (SSSR count). The smallest absolute Gasteiger partial charge is 0.0806 e. The van der Waals surface area contributed by atoms with E-state index in [1.165, 1.54) is 5.57 Å². The standard InChI is InChI=1S/C8H16N2/c1-4-6-9-10-7-8(3)5-2/h5H,4,6-7H2,1-3H3. The molecule has 0 saturated heterocycles. The second-order valence-corrected chi connectivity index (χ2v) is 2.30. The van der Waals surface area contributed by atoms with Gasteiger partial charge in [0.2, 0.25) is 0 Å². The van der Waals surface area contributed by atoms with Crippen molar-refractivity contribution in [2.75, 3.05) is 13.1 Å². The highest BCUT2D eigenvalue weighted by molar-refractivity contribution is 4.97. The Balaban J connectivity index is 3.34. The molecule has 0 bridgehead atoms. The van der Waals surface area contributed by atoms with Crippen LogP contribution in [0.1, 0.15) is 27.2 Å². The number of nitrogens with zero attached hydrogens (tertiary/aromatic N) is 2. The summed E-state index contributed by atoms with van der Waals surface area (Å²) in [5.41, 5.74) is 1.28. The highest BCUT2D eigenvalue weighted by Gasteiger charge is 1.81. The Hall–Kier alpha value is -0.660. The van der Waals surface area contributed by atoms with Crippen LogP contribution in [-0.2, 0) is 0 Å². The summed E-state index contributed by atoms with van der Waals surface area (Å²) in [4.78, 5) is 0. The van der Waals surface area contributed by atoms with Gasteiger partial charge in [-0.1, -0.05) is 18.6 Å². The summed E-state index contributed by atoms with van der Waals surface area (Å²) in [6.45, 7) is 7.80. The first kappa shape index (κ1) is 9.34. The molecule has 0 N–H and O–H groups in total. The molecule has 0 radical (unpaired) electrons. The fourth-order valence-electron chi connectivity index (χ4n) is 0.424. The van der Waals surface area contributed by atoms with Crippen molar-refractivity contribution in [2.24, 2.45) is 10.2 Å². The molecule has 0 heterocycles. The van der Waals surface area contributed by atoms with Gasteiger partial charge in [-0.2, -0.15) is 10.2 Å². The summed E-state index contributed by atoms with van der Waals surface area (Å²) >= 11 is 0. The van der Waals surface area contributed by atoms with Gasteiger partial charge in [-0.3, -0.25) is 0 Å². The van der Waals surface area contributed by atoms with Gasteiger partial charge < -0.3 is 0 Å². The Morgan fingerprint density at radius 3 is 2.60 bits per heavy atom. The van der Waals surface area contributed by atoms with Crippen LogP contribution in [0.3, 0.4) is 0 Å². The highest BCUT2D eigenvalue weighted by atomic mass is 15.1. The zero-order valence-corrected chi connectivity index (χ0v) is 7.09. The number of hydrogen-bond acceptors (Lipinski definition) is 2. The molecular formula is C8H16N2. The van der Waals surface area contributed by atoms with E-state index in [4.69, 9.17) is 0 Å². The zero-order valence-electron chi connectivity index (χ0n) is 7.09. The molecular weight excluding hydrogens is 124 g/mol. The lowest BCUT2D eigenvalue weighted by Gasteiger charge is -1.90. The summed E-state index contributed by atoms with van der Waals surface area (Å²) < 4.78 is 0. The minimum Gasteiger partial charge on any atom is -0.194 e. The maximum absolute atomic E-state index is 3.99. The van der Waals surface area contributed by atoms with Crippen LogP contribution in [0.2, 0.25) is 0 Å². The Labute approximate surface area is 63.1 Å². The molecule has 2 nitrogen and oxygen atoms in total. The molecule has 0 fully saturated rings. The molecule has 0 aromatic rings. The van der Waals surface area contributed by atoms with Crippen LogP contribution in [0.5, 0.6) is 0 Å². The van der Waals surface area contributed by atoms with Crippen LogP contribution in [0, 0.1) is 0 Å². The maximum atomic E-state index is 3.99. The van der Waals surface area contributed by atoms with Crippen molar-refractivity contribution in [3.8, 4) is 0 Å². The predicted octanol–water partition coefficient (Wildman–Crippen LogP) is 2.81. The van der Waals surface area contributed by atoms with E-state index in [-0.39, 0.29) is 0 Å². The highest BCUT2D eigenvalue weighted by Crippen LogP contribution is 1.92. The second kappa shape index (κ2) is 6.46.